The van der Waals surface area contributed by atoms with Crippen molar-refractivity contribution >= 4 is 17.2 Å². The number of thiophene rings is 1. The Hall–Kier alpha value is -1.74. The molecule has 1 amide bonds. The Labute approximate surface area is 181 Å². The van der Waals surface area contributed by atoms with Crippen LogP contribution >= 0.6 is 11.3 Å². The maximum Gasteiger partial charge on any atom is 0.274 e. The van der Waals surface area contributed by atoms with Crippen LogP contribution in [0.3, 0.4) is 0 Å². The van der Waals surface area contributed by atoms with Crippen LogP contribution in [0.2, 0.25) is 0 Å². The lowest BCUT2D eigenvalue weighted by molar-refractivity contribution is -0.100. The van der Waals surface area contributed by atoms with Crippen molar-refractivity contribution in [2.75, 3.05) is 39.3 Å². The standard InChI is InChI=1S/C22H30N4O3S/c1-2-17-10-18-20(30-17)3-8-29-22(18)4-6-25(7-5-22)11-15-12-26(13-15)21(28)19-9-16(14-27)23-24-19/h9-10,15,27H,2-8,11-14H2,1H3,(H,23,24). The summed E-state index contributed by atoms with van der Waals surface area (Å²) in [5.74, 6) is 0.474. The summed E-state index contributed by atoms with van der Waals surface area (Å²) >= 11 is 1.98. The molecule has 0 saturated carbocycles. The second kappa shape index (κ2) is 8.07. The number of carbonyl (C=O) groups is 1. The quantitative estimate of drug-likeness (QED) is 0.760. The first kappa shape index (κ1) is 20.2. The van der Waals surface area contributed by atoms with Crippen LogP contribution in [0.15, 0.2) is 12.1 Å². The molecule has 0 aliphatic carbocycles. The number of H-pyrrole nitrogens is 1. The Morgan fingerprint density at radius 2 is 2.17 bits per heavy atom. The Morgan fingerprint density at radius 3 is 2.87 bits per heavy atom. The van der Waals surface area contributed by atoms with E-state index in [0.717, 1.165) is 65.0 Å². The molecule has 0 radical (unpaired) electrons. The number of ether oxygens (including phenoxy) is 1. The number of amides is 1. The average Bonchev–Trinajstić information content (AvgIpc) is 3.39. The monoisotopic (exact) mass is 430 g/mol. The highest BCUT2D eigenvalue weighted by atomic mass is 32.1. The Bertz CT molecular complexity index is 909. The molecule has 5 heterocycles. The summed E-state index contributed by atoms with van der Waals surface area (Å²) in [6.45, 7) is 7.68. The van der Waals surface area contributed by atoms with E-state index in [-0.39, 0.29) is 18.1 Å². The van der Waals surface area contributed by atoms with Gasteiger partial charge in [-0.2, -0.15) is 5.10 Å². The second-order valence-electron chi connectivity index (χ2n) is 8.81. The van der Waals surface area contributed by atoms with Gasteiger partial charge in [-0.3, -0.25) is 9.89 Å². The lowest BCUT2D eigenvalue weighted by Crippen LogP contribution is -2.55. The summed E-state index contributed by atoms with van der Waals surface area (Å²) in [5.41, 5.74) is 2.37. The molecule has 2 fully saturated rings. The van der Waals surface area contributed by atoms with Crippen LogP contribution in [0, 0.1) is 5.92 Å². The highest BCUT2D eigenvalue weighted by molar-refractivity contribution is 7.12. The molecule has 2 aromatic rings. The van der Waals surface area contributed by atoms with Gasteiger partial charge in [-0.25, -0.2) is 0 Å². The Balaban J connectivity index is 1.13. The van der Waals surface area contributed by atoms with Crippen LogP contribution in [0.25, 0.3) is 0 Å². The van der Waals surface area contributed by atoms with Crippen molar-refractivity contribution in [3.63, 3.8) is 0 Å². The van der Waals surface area contributed by atoms with Gasteiger partial charge in [0.1, 0.15) is 5.69 Å². The highest BCUT2D eigenvalue weighted by Crippen LogP contribution is 2.44. The minimum atomic E-state index is -0.129. The fourth-order valence-corrected chi connectivity index (χ4v) is 6.27. The van der Waals surface area contributed by atoms with Gasteiger partial charge in [-0.05, 0) is 37.0 Å². The number of nitrogens with zero attached hydrogens (tertiary/aromatic N) is 3. The van der Waals surface area contributed by atoms with Gasteiger partial charge in [0.2, 0.25) is 0 Å². The molecule has 162 valence electrons. The molecule has 3 aliphatic heterocycles. The van der Waals surface area contributed by atoms with Crippen molar-refractivity contribution in [3.8, 4) is 0 Å². The molecule has 7 nitrogen and oxygen atoms in total. The Morgan fingerprint density at radius 1 is 1.37 bits per heavy atom. The van der Waals surface area contributed by atoms with E-state index in [1.54, 1.807) is 10.9 Å². The maximum absolute atomic E-state index is 12.5. The number of fused-ring (bicyclic) bond motifs is 2. The predicted molar refractivity (Wildman–Crippen MR) is 115 cm³/mol. The van der Waals surface area contributed by atoms with Gasteiger partial charge < -0.3 is 19.6 Å². The van der Waals surface area contributed by atoms with Crippen LogP contribution in [0.5, 0.6) is 0 Å². The summed E-state index contributed by atoms with van der Waals surface area (Å²) < 4.78 is 6.39. The third-order valence-electron chi connectivity index (χ3n) is 6.85. The first-order chi connectivity index (χ1) is 14.6. The molecule has 3 aliphatic rings. The number of nitrogens with one attached hydrogen (secondary N) is 1. The SMILES string of the molecule is CCc1cc2c(s1)CCOC21CCN(CC2CN(C(=O)c3cc(CO)[nH]n3)C2)CC1. The average molecular weight is 431 g/mol. The largest absolute Gasteiger partial charge is 0.390 e. The van der Waals surface area contributed by atoms with Crippen LogP contribution in [0.1, 0.15) is 51.3 Å². The number of aryl methyl sites for hydroxylation is 1. The molecule has 0 aromatic carbocycles. The molecule has 1 spiro atoms. The van der Waals surface area contributed by atoms with Gasteiger partial charge >= 0.3 is 0 Å². The van der Waals surface area contributed by atoms with Crippen LogP contribution in [0.4, 0.5) is 0 Å². The molecule has 2 N–H and O–H groups in total. The Kier molecular flexibility index (Phi) is 5.43. The molecule has 30 heavy (non-hydrogen) atoms. The number of rotatable bonds is 5. The number of aliphatic hydroxyl groups excluding tert-OH is 1. The smallest absolute Gasteiger partial charge is 0.274 e. The molecule has 5 rings (SSSR count). The van der Waals surface area contributed by atoms with Crippen LogP contribution < -0.4 is 0 Å². The number of likely N-dealkylation sites (tertiary alicyclic amines) is 2. The van der Waals surface area contributed by atoms with E-state index < -0.39 is 0 Å². The van der Waals surface area contributed by atoms with Gasteiger partial charge in [-0.15, -0.1) is 11.3 Å². The fourth-order valence-electron chi connectivity index (χ4n) is 5.09. The second-order valence-corrected chi connectivity index (χ2v) is 10.0. The summed E-state index contributed by atoms with van der Waals surface area (Å²) in [4.78, 5) is 19.9. The number of aliphatic hydroxyl groups is 1. The number of hydrogen-bond donors (Lipinski definition) is 2. The molecule has 8 heteroatoms. The summed E-state index contributed by atoms with van der Waals surface area (Å²) in [7, 11) is 0. The van der Waals surface area contributed by atoms with Gasteiger partial charge in [0.25, 0.3) is 5.91 Å². The van der Waals surface area contributed by atoms with Gasteiger partial charge in [0, 0.05) is 54.8 Å². The van der Waals surface area contributed by atoms with E-state index in [1.807, 2.05) is 16.2 Å². The maximum atomic E-state index is 12.5. The van der Waals surface area contributed by atoms with Crippen molar-refractivity contribution < 1.29 is 14.6 Å². The first-order valence-electron chi connectivity index (χ1n) is 11.0. The lowest BCUT2D eigenvalue weighted by Gasteiger charge is -2.47. The minimum absolute atomic E-state index is 0.0490. The van der Waals surface area contributed by atoms with Crippen LogP contribution in [-0.2, 0) is 29.8 Å². The van der Waals surface area contributed by atoms with Crippen molar-refractivity contribution in [1.82, 2.24) is 20.0 Å². The third-order valence-corrected chi connectivity index (χ3v) is 8.19. The normalized spacial score (nSPS) is 21.6. The molecule has 0 unspecified atom stereocenters. The number of aromatic nitrogens is 2. The zero-order valence-electron chi connectivity index (χ0n) is 17.5. The lowest BCUT2D eigenvalue weighted by atomic mass is 9.82. The molecule has 2 saturated heterocycles. The topological polar surface area (TPSA) is 81.7 Å². The summed E-state index contributed by atoms with van der Waals surface area (Å²) in [6, 6.07) is 4.04. The molecule has 0 bridgehead atoms. The summed E-state index contributed by atoms with van der Waals surface area (Å²) in [5, 5.41) is 15.8. The zero-order chi connectivity index (χ0) is 20.7. The van der Waals surface area contributed by atoms with Gasteiger partial charge in [-0.1, -0.05) is 6.92 Å². The molecular weight excluding hydrogens is 400 g/mol. The number of hydrogen-bond acceptors (Lipinski definition) is 6. The third kappa shape index (κ3) is 3.60. The van der Waals surface area contributed by atoms with Crippen molar-refractivity contribution in [3.05, 3.63) is 38.8 Å². The van der Waals surface area contributed by atoms with Gasteiger partial charge in [0.15, 0.2) is 0 Å². The predicted octanol–water partition coefficient (Wildman–Crippen LogP) is 2.16. The molecule has 2 aromatic heterocycles. The van der Waals surface area contributed by atoms with E-state index in [0.29, 0.717) is 17.3 Å². The number of piperidine rings is 1. The number of carbonyl (C=O) groups excluding carboxylic acids is 1. The number of aromatic amines is 1. The highest BCUT2D eigenvalue weighted by Gasteiger charge is 2.43. The fraction of sp³-hybridized carbons (Fsp3) is 0.636. The van der Waals surface area contributed by atoms with Gasteiger partial charge in [0.05, 0.1) is 24.5 Å². The van der Waals surface area contributed by atoms with Crippen molar-refractivity contribution in [2.24, 2.45) is 5.92 Å². The van der Waals surface area contributed by atoms with Crippen molar-refractivity contribution in [1.29, 1.82) is 0 Å². The minimum Gasteiger partial charge on any atom is -0.390 e. The van der Waals surface area contributed by atoms with Crippen molar-refractivity contribution in [2.45, 2.75) is 44.8 Å². The van der Waals surface area contributed by atoms with E-state index in [1.165, 1.54) is 10.4 Å². The molecular formula is C22H30N4O3S. The van der Waals surface area contributed by atoms with Crippen LogP contribution in [-0.4, -0.2) is 70.3 Å². The van der Waals surface area contributed by atoms with E-state index >= 15 is 0 Å². The molecule has 0 atom stereocenters. The van der Waals surface area contributed by atoms with E-state index in [9.17, 15) is 4.79 Å². The van der Waals surface area contributed by atoms with E-state index in [2.05, 4.69) is 28.1 Å². The van der Waals surface area contributed by atoms with E-state index in [4.69, 9.17) is 9.84 Å². The zero-order valence-corrected chi connectivity index (χ0v) is 18.3. The summed E-state index contributed by atoms with van der Waals surface area (Å²) in [6.07, 6.45) is 4.29. The first-order valence-corrected chi connectivity index (χ1v) is 11.8.